The van der Waals surface area contributed by atoms with E-state index in [-0.39, 0.29) is 0 Å². The molecule has 0 aliphatic carbocycles. The van der Waals surface area contributed by atoms with Crippen LogP contribution < -0.4 is 15.4 Å². The normalized spacial score (nSPS) is 11.5. The molecule has 1 unspecified atom stereocenters. The third-order valence-corrected chi connectivity index (χ3v) is 2.17. The predicted octanol–water partition coefficient (Wildman–Crippen LogP) is 1.22. The smallest absolute Gasteiger partial charge is 0.321 e. The molecule has 3 amide bonds. The molecule has 0 radical (unpaired) electrons. The summed E-state index contributed by atoms with van der Waals surface area (Å²) in [5, 5.41) is 4.44. The Hall–Kier alpha value is -2.04. The zero-order chi connectivity index (χ0) is 12.8. The van der Waals surface area contributed by atoms with E-state index < -0.39 is 18.0 Å². The van der Waals surface area contributed by atoms with Crippen molar-refractivity contribution in [1.29, 1.82) is 0 Å². The minimum Gasteiger partial charge on any atom is -0.481 e. The summed E-state index contributed by atoms with van der Waals surface area (Å²) in [4.78, 5) is 22.4. The van der Waals surface area contributed by atoms with Crippen LogP contribution in [0.2, 0.25) is 0 Å². The average molecular weight is 236 g/mol. The molecule has 5 nitrogen and oxygen atoms in total. The molecule has 0 aliphatic rings. The maximum absolute atomic E-state index is 11.5. The minimum absolute atomic E-state index is 0.482. The molecule has 17 heavy (non-hydrogen) atoms. The van der Waals surface area contributed by atoms with Gasteiger partial charge < -0.3 is 10.1 Å². The van der Waals surface area contributed by atoms with Gasteiger partial charge in [0.2, 0.25) is 0 Å². The number of hydrogen-bond donors (Lipinski definition) is 2. The first kappa shape index (κ1) is 13.0. The summed E-state index contributed by atoms with van der Waals surface area (Å²) in [5.74, 6) is 0.111. The van der Waals surface area contributed by atoms with Crippen molar-refractivity contribution in [3.63, 3.8) is 0 Å². The molecule has 5 heteroatoms. The van der Waals surface area contributed by atoms with E-state index in [0.29, 0.717) is 5.75 Å². The van der Waals surface area contributed by atoms with Crippen molar-refractivity contribution in [2.45, 2.75) is 20.0 Å². The Morgan fingerprint density at radius 2 is 1.82 bits per heavy atom. The van der Waals surface area contributed by atoms with Gasteiger partial charge in [0.1, 0.15) is 5.75 Å². The molecule has 0 spiro atoms. The third kappa shape index (κ3) is 4.14. The van der Waals surface area contributed by atoms with Crippen LogP contribution in [0.4, 0.5) is 4.79 Å². The quantitative estimate of drug-likeness (QED) is 0.829. The van der Waals surface area contributed by atoms with Crippen molar-refractivity contribution in [2.75, 3.05) is 7.05 Å². The highest BCUT2D eigenvalue weighted by Gasteiger charge is 2.16. The zero-order valence-electron chi connectivity index (χ0n) is 10.1. The molecule has 0 saturated carbocycles. The largest absolute Gasteiger partial charge is 0.481 e. The second kappa shape index (κ2) is 5.89. The maximum Gasteiger partial charge on any atom is 0.321 e. The van der Waals surface area contributed by atoms with Crippen LogP contribution in [-0.4, -0.2) is 25.1 Å². The lowest BCUT2D eigenvalue weighted by atomic mass is 10.2. The van der Waals surface area contributed by atoms with Gasteiger partial charge in [0.15, 0.2) is 6.10 Å². The number of nitrogens with one attached hydrogen (secondary N) is 2. The molecule has 0 aliphatic heterocycles. The van der Waals surface area contributed by atoms with Gasteiger partial charge in [-0.1, -0.05) is 17.7 Å². The summed E-state index contributed by atoms with van der Waals surface area (Å²) < 4.78 is 5.38. The van der Waals surface area contributed by atoms with Gasteiger partial charge >= 0.3 is 6.03 Å². The number of urea groups is 1. The molecule has 92 valence electrons. The maximum atomic E-state index is 11.5. The summed E-state index contributed by atoms with van der Waals surface area (Å²) in [6.45, 7) is 3.55. The number of amides is 3. The number of benzene rings is 1. The second-order valence-electron chi connectivity index (χ2n) is 3.64. The Morgan fingerprint density at radius 1 is 1.24 bits per heavy atom. The molecular formula is C12H16N2O3. The Bertz CT molecular complexity index is 401. The fourth-order valence-electron chi connectivity index (χ4n) is 1.15. The fraction of sp³-hybridized carbons (Fsp3) is 0.333. The number of ether oxygens (including phenoxy) is 1. The zero-order valence-corrected chi connectivity index (χ0v) is 10.1. The van der Waals surface area contributed by atoms with E-state index in [4.69, 9.17) is 4.74 Å². The first-order valence-corrected chi connectivity index (χ1v) is 5.29. The van der Waals surface area contributed by atoms with Crippen LogP contribution in [0, 0.1) is 6.92 Å². The van der Waals surface area contributed by atoms with Gasteiger partial charge in [-0.05, 0) is 26.0 Å². The van der Waals surface area contributed by atoms with Crippen molar-refractivity contribution < 1.29 is 14.3 Å². The van der Waals surface area contributed by atoms with Crippen molar-refractivity contribution in [3.05, 3.63) is 29.8 Å². The molecule has 1 atom stereocenters. The van der Waals surface area contributed by atoms with Gasteiger partial charge in [0, 0.05) is 7.05 Å². The molecule has 0 aromatic heterocycles. The topological polar surface area (TPSA) is 67.4 Å². The number of hydrogen-bond acceptors (Lipinski definition) is 3. The van der Waals surface area contributed by atoms with Gasteiger partial charge in [-0.3, -0.25) is 10.1 Å². The van der Waals surface area contributed by atoms with Crippen molar-refractivity contribution >= 4 is 11.9 Å². The van der Waals surface area contributed by atoms with Crippen molar-refractivity contribution in [3.8, 4) is 5.75 Å². The molecule has 1 aromatic rings. The standard InChI is InChI=1S/C12H16N2O3/c1-8-4-6-10(7-5-8)17-9(2)11(15)14-12(16)13-3/h4-7,9H,1-3H3,(H2,13,14,15,16). The van der Waals surface area contributed by atoms with E-state index in [0.717, 1.165) is 5.56 Å². The second-order valence-corrected chi connectivity index (χ2v) is 3.64. The average Bonchev–Trinajstić information content (AvgIpc) is 2.31. The van der Waals surface area contributed by atoms with E-state index in [1.807, 2.05) is 19.1 Å². The molecule has 2 N–H and O–H groups in total. The van der Waals surface area contributed by atoms with E-state index in [1.165, 1.54) is 7.05 Å². The van der Waals surface area contributed by atoms with Gasteiger partial charge in [-0.15, -0.1) is 0 Å². The highest BCUT2D eigenvalue weighted by atomic mass is 16.5. The number of imide groups is 1. The van der Waals surface area contributed by atoms with Gasteiger partial charge in [0.05, 0.1) is 0 Å². The van der Waals surface area contributed by atoms with Gasteiger partial charge in [-0.25, -0.2) is 4.79 Å². The van der Waals surface area contributed by atoms with Gasteiger partial charge in [-0.2, -0.15) is 0 Å². The summed E-state index contributed by atoms with van der Waals surface area (Å²) in [6.07, 6.45) is -0.727. The van der Waals surface area contributed by atoms with Gasteiger partial charge in [0.25, 0.3) is 5.91 Å². The van der Waals surface area contributed by atoms with Crippen LogP contribution in [0.5, 0.6) is 5.75 Å². The van der Waals surface area contributed by atoms with Crippen LogP contribution in [0.3, 0.4) is 0 Å². The lowest BCUT2D eigenvalue weighted by Crippen LogP contribution is -2.43. The van der Waals surface area contributed by atoms with Crippen LogP contribution >= 0.6 is 0 Å². The SMILES string of the molecule is CNC(=O)NC(=O)C(C)Oc1ccc(C)cc1. The number of rotatable bonds is 3. The van der Waals surface area contributed by atoms with E-state index >= 15 is 0 Å². The van der Waals surface area contributed by atoms with Crippen molar-refractivity contribution in [2.24, 2.45) is 0 Å². The summed E-state index contributed by atoms with van der Waals surface area (Å²) >= 11 is 0. The molecule has 0 heterocycles. The molecule has 0 bridgehead atoms. The predicted molar refractivity (Wildman–Crippen MR) is 63.9 cm³/mol. The summed E-state index contributed by atoms with van der Waals surface area (Å²) in [7, 11) is 1.44. The first-order valence-electron chi connectivity index (χ1n) is 5.29. The number of carbonyl (C=O) groups excluding carboxylic acids is 2. The Kier molecular flexibility index (Phi) is 4.51. The van der Waals surface area contributed by atoms with E-state index in [1.54, 1.807) is 19.1 Å². The highest BCUT2D eigenvalue weighted by Crippen LogP contribution is 2.13. The summed E-state index contributed by atoms with van der Waals surface area (Å²) in [5.41, 5.74) is 1.11. The van der Waals surface area contributed by atoms with E-state index in [9.17, 15) is 9.59 Å². The number of carbonyl (C=O) groups is 2. The van der Waals surface area contributed by atoms with Crippen LogP contribution in [0.15, 0.2) is 24.3 Å². The van der Waals surface area contributed by atoms with Crippen LogP contribution in [-0.2, 0) is 4.79 Å². The highest BCUT2D eigenvalue weighted by molar-refractivity contribution is 5.96. The monoisotopic (exact) mass is 236 g/mol. The lowest BCUT2D eigenvalue weighted by Gasteiger charge is -2.13. The first-order chi connectivity index (χ1) is 8.02. The number of aryl methyl sites for hydroxylation is 1. The molecule has 0 saturated heterocycles. The van der Waals surface area contributed by atoms with Crippen LogP contribution in [0.25, 0.3) is 0 Å². The van der Waals surface area contributed by atoms with Crippen LogP contribution in [0.1, 0.15) is 12.5 Å². The lowest BCUT2D eigenvalue weighted by molar-refractivity contribution is -0.126. The third-order valence-electron chi connectivity index (χ3n) is 2.17. The van der Waals surface area contributed by atoms with E-state index in [2.05, 4.69) is 10.6 Å². The fourth-order valence-corrected chi connectivity index (χ4v) is 1.15. The molecule has 1 rings (SSSR count). The molecular weight excluding hydrogens is 220 g/mol. The molecule has 1 aromatic carbocycles. The Balaban J connectivity index is 2.54. The molecule has 0 fully saturated rings. The van der Waals surface area contributed by atoms with Crippen molar-refractivity contribution in [1.82, 2.24) is 10.6 Å². The summed E-state index contributed by atoms with van der Waals surface area (Å²) in [6, 6.07) is 6.78. The Morgan fingerprint density at radius 3 is 2.35 bits per heavy atom. The minimum atomic E-state index is -0.727. The Labute approximate surface area is 100 Å².